The van der Waals surface area contributed by atoms with Crippen molar-refractivity contribution in [3.8, 4) is 0 Å². The van der Waals surface area contributed by atoms with E-state index in [4.69, 9.17) is 5.11 Å². The van der Waals surface area contributed by atoms with Gasteiger partial charge in [-0.05, 0) is 31.9 Å². The molecule has 2 rings (SSSR count). The zero-order valence-electron chi connectivity index (χ0n) is 12.6. The molecule has 0 saturated carbocycles. The second-order valence-corrected chi connectivity index (χ2v) is 5.29. The third kappa shape index (κ3) is 3.08. The van der Waals surface area contributed by atoms with Crippen LogP contribution in [0.3, 0.4) is 0 Å². The molecule has 1 atom stereocenters. The van der Waals surface area contributed by atoms with E-state index in [1.807, 2.05) is 36.0 Å². The minimum absolute atomic E-state index is 0.0954. The quantitative estimate of drug-likeness (QED) is 0.879. The molecule has 0 spiro atoms. The molecule has 0 aliphatic rings. The summed E-state index contributed by atoms with van der Waals surface area (Å²) < 4.78 is 1.93. The number of hydrogen-bond donors (Lipinski definition) is 2. The molecule has 108 valence electrons. The lowest BCUT2D eigenvalue weighted by Crippen LogP contribution is -2.19. The highest BCUT2D eigenvalue weighted by Gasteiger charge is 2.15. The van der Waals surface area contributed by atoms with Crippen molar-refractivity contribution in [2.75, 3.05) is 0 Å². The summed E-state index contributed by atoms with van der Waals surface area (Å²) in [5.74, 6) is 0. The van der Waals surface area contributed by atoms with Gasteiger partial charge in [-0.15, -0.1) is 0 Å². The first-order valence-corrected chi connectivity index (χ1v) is 6.95. The Morgan fingerprint density at radius 2 is 1.80 bits per heavy atom. The third-order valence-corrected chi connectivity index (χ3v) is 3.82. The number of rotatable bonds is 5. The van der Waals surface area contributed by atoms with Gasteiger partial charge in [-0.1, -0.05) is 24.3 Å². The third-order valence-electron chi connectivity index (χ3n) is 3.82. The summed E-state index contributed by atoms with van der Waals surface area (Å²) in [6, 6.07) is 8.29. The molecule has 2 N–H and O–H groups in total. The maximum Gasteiger partial charge on any atom is 0.0681 e. The van der Waals surface area contributed by atoms with Crippen LogP contribution in [0.4, 0.5) is 0 Å². The highest BCUT2D eigenvalue weighted by molar-refractivity contribution is 5.28. The van der Waals surface area contributed by atoms with Gasteiger partial charge in [0, 0.05) is 30.9 Å². The van der Waals surface area contributed by atoms with Gasteiger partial charge in [-0.25, -0.2) is 0 Å². The molecule has 0 radical (unpaired) electrons. The fourth-order valence-electron chi connectivity index (χ4n) is 2.55. The van der Waals surface area contributed by atoms with Crippen LogP contribution in [0.2, 0.25) is 0 Å². The highest BCUT2D eigenvalue weighted by Crippen LogP contribution is 2.21. The van der Waals surface area contributed by atoms with Gasteiger partial charge in [-0.2, -0.15) is 5.10 Å². The van der Waals surface area contributed by atoms with Gasteiger partial charge in [0.1, 0.15) is 0 Å². The van der Waals surface area contributed by atoms with Crippen LogP contribution < -0.4 is 5.32 Å². The number of aromatic nitrogens is 2. The fraction of sp³-hybridized carbons (Fsp3) is 0.438. The minimum Gasteiger partial charge on any atom is -0.392 e. The Labute approximate surface area is 120 Å². The number of nitrogens with one attached hydrogen (secondary N) is 1. The van der Waals surface area contributed by atoms with Crippen LogP contribution in [0.15, 0.2) is 24.3 Å². The van der Waals surface area contributed by atoms with Crippen molar-refractivity contribution in [1.29, 1.82) is 0 Å². The van der Waals surface area contributed by atoms with Crippen molar-refractivity contribution >= 4 is 0 Å². The van der Waals surface area contributed by atoms with Gasteiger partial charge >= 0.3 is 0 Å². The van der Waals surface area contributed by atoms with Crippen LogP contribution in [0, 0.1) is 13.8 Å². The monoisotopic (exact) mass is 273 g/mol. The number of nitrogens with zero attached hydrogens (tertiary/aromatic N) is 2. The Bertz CT molecular complexity index is 572. The zero-order valence-corrected chi connectivity index (χ0v) is 12.6. The summed E-state index contributed by atoms with van der Waals surface area (Å²) >= 11 is 0. The van der Waals surface area contributed by atoms with Crippen LogP contribution in [0.1, 0.15) is 41.0 Å². The van der Waals surface area contributed by atoms with E-state index < -0.39 is 0 Å². The van der Waals surface area contributed by atoms with Crippen LogP contribution in [0.5, 0.6) is 0 Å². The summed E-state index contributed by atoms with van der Waals surface area (Å²) in [4.78, 5) is 0. The van der Waals surface area contributed by atoms with Gasteiger partial charge in [0.25, 0.3) is 0 Å². The predicted octanol–water partition coefficient (Wildman–Crippen LogP) is 2.38. The van der Waals surface area contributed by atoms with Gasteiger partial charge < -0.3 is 10.4 Å². The smallest absolute Gasteiger partial charge is 0.0681 e. The Morgan fingerprint density at radius 3 is 2.30 bits per heavy atom. The van der Waals surface area contributed by atoms with Crippen molar-refractivity contribution in [2.24, 2.45) is 7.05 Å². The first kappa shape index (κ1) is 14.8. The standard InChI is InChI=1S/C16H23N3O/c1-11(16-12(2)18-19(4)13(16)3)17-9-14-5-7-15(10-20)8-6-14/h5-8,11,17,20H,9-10H2,1-4H3. The molecule has 0 bridgehead atoms. The number of hydrogen-bond acceptors (Lipinski definition) is 3. The first-order chi connectivity index (χ1) is 9.52. The van der Waals surface area contributed by atoms with E-state index in [0.717, 1.165) is 17.8 Å². The van der Waals surface area contributed by atoms with E-state index in [9.17, 15) is 0 Å². The molecule has 0 aliphatic heterocycles. The number of aliphatic hydroxyl groups excluding tert-OH is 1. The molecule has 1 aromatic carbocycles. The molecule has 1 unspecified atom stereocenters. The van der Waals surface area contributed by atoms with E-state index >= 15 is 0 Å². The molecule has 0 amide bonds. The topological polar surface area (TPSA) is 50.1 Å². The molecule has 20 heavy (non-hydrogen) atoms. The van der Waals surface area contributed by atoms with E-state index in [1.165, 1.54) is 16.8 Å². The maximum absolute atomic E-state index is 9.03. The summed E-state index contributed by atoms with van der Waals surface area (Å²) in [5, 5.41) is 17.0. The maximum atomic E-state index is 9.03. The van der Waals surface area contributed by atoms with Crippen LogP contribution >= 0.6 is 0 Å². The summed E-state index contributed by atoms with van der Waals surface area (Å²) in [7, 11) is 1.98. The van der Waals surface area contributed by atoms with Gasteiger partial charge in [0.05, 0.1) is 12.3 Å². The molecular formula is C16H23N3O. The number of aliphatic hydroxyl groups is 1. The van der Waals surface area contributed by atoms with E-state index in [1.54, 1.807) is 0 Å². The summed E-state index contributed by atoms with van der Waals surface area (Å²) in [6.45, 7) is 7.22. The Balaban J connectivity index is 2.02. The van der Waals surface area contributed by atoms with E-state index in [-0.39, 0.29) is 12.6 Å². The SMILES string of the molecule is Cc1nn(C)c(C)c1C(C)NCc1ccc(CO)cc1. The Kier molecular flexibility index (Phi) is 4.57. The van der Waals surface area contributed by atoms with Crippen molar-refractivity contribution in [3.63, 3.8) is 0 Å². The van der Waals surface area contributed by atoms with Crippen molar-refractivity contribution in [3.05, 3.63) is 52.3 Å². The van der Waals surface area contributed by atoms with Crippen molar-refractivity contribution in [2.45, 2.75) is 40.0 Å². The molecule has 4 heteroatoms. The van der Waals surface area contributed by atoms with Gasteiger partial charge in [0.2, 0.25) is 0 Å². The van der Waals surface area contributed by atoms with Crippen LogP contribution in [0.25, 0.3) is 0 Å². The van der Waals surface area contributed by atoms with E-state index in [0.29, 0.717) is 0 Å². The molecule has 1 aromatic heterocycles. The zero-order chi connectivity index (χ0) is 14.7. The second kappa shape index (κ2) is 6.20. The van der Waals surface area contributed by atoms with Crippen LogP contribution in [-0.2, 0) is 20.2 Å². The molecule has 1 heterocycles. The molecule has 0 aliphatic carbocycles. The average molecular weight is 273 g/mol. The summed E-state index contributed by atoms with van der Waals surface area (Å²) in [6.07, 6.45) is 0. The molecule has 0 saturated heterocycles. The number of aryl methyl sites for hydroxylation is 2. The largest absolute Gasteiger partial charge is 0.392 e. The Hall–Kier alpha value is -1.65. The number of benzene rings is 1. The molecule has 0 fully saturated rings. The van der Waals surface area contributed by atoms with E-state index in [2.05, 4.69) is 31.2 Å². The van der Waals surface area contributed by atoms with Crippen LogP contribution in [-0.4, -0.2) is 14.9 Å². The van der Waals surface area contributed by atoms with Gasteiger partial charge in [0.15, 0.2) is 0 Å². The Morgan fingerprint density at radius 1 is 1.20 bits per heavy atom. The van der Waals surface area contributed by atoms with Crippen molar-refractivity contribution < 1.29 is 5.11 Å². The molecular weight excluding hydrogens is 250 g/mol. The first-order valence-electron chi connectivity index (χ1n) is 6.95. The van der Waals surface area contributed by atoms with Crippen molar-refractivity contribution in [1.82, 2.24) is 15.1 Å². The lowest BCUT2D eigenvalue weighted by Gasteiger charge is -2.15. The van der Waals surface area contributed by atoms with Gasteiger partial charge in [-0.3, -0.25) is 4.68 Å². The second-order valence-electron chi connectivity index (χ2n) is 5.29. The minimum atomic E-state index is 0.0954. The lowest BCUT2D eigenvalue weighted by atomic mass is 10.1. The lowest BCUT2D eigenvalue weighted by molar-refractivity contribution is 0.282. The average Bonchev–Trinajstić information content (AvgIpc) is 2.70. The molecule has 4 nitrogen and oxygen atoms in total. The summed E-state index contributed by atoms with van der Waals surface area (Å²) in [5.41, 5.74) is 5.73. The predicted molar refractivity (Wildman–Crippen MR) is 80.3 cm³/mol. The molecule has 2 aromatic rings. The normalized spacial score (nSPS) is 12.7. The highest BCUT2D eigenvalue weighted by atomic mass is 16.3. The fourth-order valence-corrected chi connectivity index (χ4v) is 2.55.